The fraction of sp³-hybridized carbons (Fsp3) is 0.0500. The molecular formula is C20H15N5O3S. The van der Waals surface area contributed by atoms with Crippen LogP contribution in [0.3, 0.4) is 0 Å². The number of hydrogen-bond acceptors (Lipinski definition) is 6. The van der Waals surface area contributed by atoms with E-state index in [2.05, 4.69) is 15.3 Å². The van der Waals surface area contributed by atoms with Gasteiger partial charge in [0, 0.05) is 17.0 Å². The summed E-state index contributed by atoms with van der Waals surface area (Å²) in [6.45, 7) is 1.80. The first-order valence-corrected chi connectivity index (χ1v) is 9.53. The van der Waals surface area contributed by atoms with Crippen molar-refractivity contribution in [3.05, 3.63) is 87.7 Å². The molecule has 9 heteroatoms. The third kappa shape index (κ3) is 3.63. The number of anilines is 1. The van der Waals surface area contributed by atoms with E-state index in [0.29, 0.717) is 16.8 Å². The van der Waals surface area contributed by atoms with E-state index >= 15 is 0 Å². The number of aromatic nitrogens is 3. The van der Waals surface area contributed by atoms with Gasteiger partial charge in [-0.15, -0.1) is 11.3 Å². The van der Waals surface area contributed by atoms with Crippen LogP contribution in [-0.2, 0) is 0 Å². The van der Waals surface area contributed by atoms with E-state index in [9.17, 15) is 14.9 Å². The summed E-state index contributed by atoms with van der Waals surface area (Å²) in [6.07, 6.45) is 1.51. The molecule has 2 aromatic carbocycles. The largest absolute Gasteiger partial charge is 0.306 e. The molecular weight excluding hydrogens is 390 g/mol. The Kier molecular flexibility index (Phi) is 4.88. The van der Waals surface area contributed by atoms with Crippen LogP contribution in [0.5, 0.6) is 0 Å². The van der Waals surface area contributed by atoms with Gasteiger partial charge < -0.3 is 5.32 Å². The Morgan fingerprint density at radius 2 is 1.86 bits per heavy atom. The number of carbonyl (C=O) groups is 1. The lowest BCUT2D eigenvalue weighted by molar-refractivity contribution is -0.385. The van der Waals surface area contributed by atoms with Crippen molar-refractivity contribution in [2.45, 2.75) is 6.92 Å². The van der Waals surface area contributed by atoms with Crippen molar-refractivity contribution in [1.82, 2.24) is 14.5 Å². The lowest BCUT2D eigenvalue weighted by atomic mass is 10.1. The molecule has 2 aromatic heterocycles. The number of hydrogen-bond donors (Lipinski definition) is 1. The molecule has 0 spiro atoms. The summed E-state index contributed by atoms with van der Waals surface area (Å²) in [5.41, 5.74) is 1.52. The summed E-state index contributed by atoms with van der Waals surface area (Å²) in [6, 6.07) is 15.6. The SMILES string of the molecule is Cc1ncc(NC(=O)c2ccccc2[N+](=O)[O-])n1-c1nc(-c2ccccc2)cs1. The van der Waals surface area contributed by atoms with E-state index < -0.39 is 10.8 Å². The van der Waals surface area contributed by atoms with Gasteiger partial charge in [0.15, 0.2) is 5.13 Å². The number of nitro benzene ring substituents is 1. The molecule has 0 aliphatic carbocycles. The summed E-state index contributed by atoms with van der Waals surface area (Å²) in [7, 11) is 0. The Hall–Kier alpha value is -3.85. The third-order valence-electron chi connectivity index (χ3n) is 4.28. The molecule has 0 radical (unpaired) electrons. The van der Waals surface area contributed by atoms with Crippen molar-refractivity contribution in [2.24, 2.45) is 0 Å². The van der Waals surface area contributed by atoms with E-state index in [-0.39, 0.29) is 11.3 Å². The number of nitro groups is 1. The molecule has 0 bridgehead atoms. The van der Waals surface area contributed by atoms with Gasteiger partial charge in [-0.3, -0.25) is 19.5 Å². The van der Waals surface area contributed by atoms with Crippen molar-refractivity contribution in [3.8, 4) is 16.4 Å². The Bertz CT molecular complexity index is 1200. The van der Waals surface area contributed by atoms with Crippen molar-refractivity contribution < 1.29 is 9.72 Å². The number of rotatable bonds is 5. The molecule has 4 rings (SSSR count). The summed E-state index contributed by atoms with van der Waals surface area (Å²) < 4.78 is 1.71. The van der Waals surface area contributed by atoms with Gasteiger partial charge in [0.2, 0.25) is 0 Å². The van der Waals surface area contributed by atoms with Crippen molar-refractivity contribution >= 4 is 28.7 Å². The topological polar surface area (TPSA) is 103 Å². The van der Waals surface area contributed by atoms with Crippen LogP contribution in [0, 0.1) is 17.0 Å². The molecule has 1 amide bonds. The monoisotopic (exact) mass is 405 g/mol. The highest BCUT2D eigenvalue weighted by atomic mass is 32.1. The first-order chi connectivity index (χ1) is 14.0. The van der Waals surface area contributed by atoms with Gasteiger partial charge in [-0.25, -0.2) is 9.97 Å². The van der Waals surface area contributed by atoms with Crippen LogP contribution in [0.2, 0.25) is 0 Å². The fourth-order valence-corrected chi connectivity index (χ4v) is 3.78. The number of para-hydroxylation sites is 1. The zero-order chi connectivity index (χ0) is 20.4. The molecule has 8 nitrogen and oxygen atoms in total. The minimum atomic E-state index is -0.585. The van der Waals surface area contributed by atoms with Gasteiger partial charge in [0.05, 0.1) is 16.8 Å². The Morgan fingerprint density at radius 3 is 2.62 bits per heavy atom. The van der Waals surface area contributed by atoms with Crippen molar-refractivity contribution in [1.29, 1.82) is 0 Å². The Balaban J connectivity index is 1.66. The summed E-state index contributed by atoms with van der Waals surface area (Å²) in [4.78, 5) is 32.2. The second-order valence-corrected chi connectivity index (χ2v) is 6.97. The highest BCUT2D eigenvalue weighted by Crippen LogP contribution is 2.28. The summed E-state index contributed by atoms with van der Waals surface area (Å²) in [5.74, 6) is 0.440. The van der Waals surface area contributed by atoms with E-state index in [1.54, 1.807) is 17.6 Å². The van der Waals surface area contributed by atoms with Crippen LogP contribution >= 0.6 is 11.3 Å². The van der Waals surface area contributed by atoms with Gasteiger partial charge in [0.25, 0.3) is 11.6 Å². The number of aryl methyl sites for hydroxylation is 1. The van der Waals surface area contributed by atoms with E-state index in [0.717, 1.165) is 11.3 Å². The molecule has 0 atom stereocenters. The highest BCUT2D eigenvalue weighted by Gasteiger charge is 2.21. The molecule has 29 heavy (non-hydrogen) atoms. The van der Waals surface area contributed by atoms with Gasteiger partial charge in [-0.05, 0) is 13.0 Å². The molecule has 144 valence electrons. The van der Waals surface area contributed by atoms with E-state index in [4.69, 9.17) is 0 Å². The average Bonchev–Trinajstić information content (AvgIpc) is 3.35. The minimum Gasteiger partial charge on any atom is -0.306 e. The number of amides is 1. The molecule has 0 aliphatic heterocycles. The predicted molar refractivity (Wildman–Crippen MR) is 110 cm³/mol. The number of nitrogens with one attached hydrogen (secondary N) is 1. The van der Waals surface area contributed by atoms with Gasteiger partial charge in [-0.1, -0.05) is 42.5 Å². The molecule has 2 heterocycles. The zero-order valence-corrected chi connectivity index (χ0v) is 16.1. The number of thiazole rings is 1. The maximum atomic E-state index is 12.7. The van der Waals surface area contributed by atoms with Crippen molar-refractivity contribution in [2.75, 3.05) is 5.32 Å². The smallest absolute Gasteiger partial charge is 0.282 e. The third-order valence-corrected chi connectivity index (χ3v) is 5.10. The number of imidazole rings is 1. The summed E-state index contributed by atoms with van der Waals surface area (Å²) in [5, 5.41) is 16.5. The Labute approximate surface area is 169 Å². The maximum Gasteiger partial charge on any atom is 0.282 e. The summed E-state index contributed by atoms with van der Waals surface area (Å²) >= 11 is 1.41. The molecule has 1 N–H and O–H groups in total. The second kappa shape index (κ2) is 7.64. The van der Waals surface area contributed by atoms with Gasteiger partial charge in [0.1, 0.15) is 17.2 Å². The number of benzene rings is 2. The quantitative estimate of drug-likeness (QED) is 0.390. The molecule has 0 saturated carbocycles. The maximum absolute atomic E-state index is 12.7. The number of nitrogens with zero attached hydrogens (tertiary/aromatic N) is 4. The van der Waals surface area contributed by atoms with E-state index in [1.807, 2.05) is 35.7 Å². The zero-order valence-electron chi connectivity index (χ0n) is 15.3. The van der Waals surface area contributed by atoms with Crippen LogP contribution in [0.4, 0.5) is 11.5 Å². The number of carbonyl (C=O) groups excluding carboxylic acids is 1. The van der Waals surface area contributed by atoms with Crippen LogP contribution < -0.4 is 5.32 Å². The average molecular weight is 405 g/mol. The first kappa shape index (κ1) is 18.5. The van der Waals surface area contributed by atoms with Crippen molar-refractivity contribution in [3.63, 3.8) is 0 Å². The van der Waals surface area contributed by atoms with Gasteiger partial charge >= 0.3 is 0 Å². The molecule has 0 fully saturated rings. The van der Waals surface area contributed by atoms with E-state index in [1.165, 1.54) is 35.7 Å². The molecule has 0 unspecified atom stereocenters. The highest BCUT2D eigenvalue weighted by molar-refractivity contribution is 7.12. The fourth-order valence-electron chi connectivity index (χ4n) is 2.89. The Morgan fingerprint density at radius 1 is 1.14 bits per heavy atom. The van der Waals surface area contributed by atoms with Crippen LogP contribution in [0.15, 0.2) is 66.2 Å². The lowest BCUT2D eigenvalue weighted by Crippen LogP contribution is -2.16. The minimum absolute atomic E-state index is 0.0213. The normalized spacial score (nSPS) is 10.7. The molecule has 4 aromatic rings. The molecule has 0 aliphatic rings. The predicted octanol–water partition coefficient (Wildman–Crippen LogP) is 4.46. The van der Waals surface area contributed by atoms with Crippen LogP contribution in [0.1, 0.15) is 16.2 Å². The molecule has 0 saturated heterocycles. The van der Waals surface area contributed by atoms with Crippen LogP contribution in [-0.4, -0.2) is 25.4 Å². The first-order valence-electron chi connectivity index (χ1n) is 8.65. The standard InChI is InChI=1S/C20H15N5O3S/c1-13-21-11-18(23-19(26)15-9-5-6-10-17(15)25(27)28)24(13)20-22-16(12-29-20)14-7-3-2-4-8-14/h2-12H,1H3,(H,23,26). The van der Waals surface area contributed by atoms with Crippen LogP contribution in [0.25, 0.3) is 16.4 Å². The second-order valence-electron chi connectivity index (χ2n) is 6.14. The van der Waals surface area contributed by atoms with Gasteiger partial charge in [-0.2, -0.15) is 0 Å². The lowest BCUT2D eigenvalue weighted by Gasteiger charge is -2.09.